The summed E-state index contributed by atoms with van der Waals surface area (Å²) in [6, 6.07) is 0. The van der Waals surface area contributed by atoms with Crippen molar-refractivity contribution in [2.45, 2.75) is 78.6 Å². The standard InChI is InChI=1S/C15H32O2Si/c1-12(2)14(13(3)10-9-11-16)17-18(7,8)15(4,5)6/h11-14H,9-10H2,1-8H3/t13-,14-/m1/s1. The fourth-order valence-corrected chi connectivity index (χ4v) is 3.46. The van der Waals surface area contributed by atoms with Crippen LogP contribution in [0, 0.1) is 11.8 Å². The van der Waals surface area contributed by atoms with Gasteiger partial charge in [0.25, 0.3) is 0 Å². The quantitative estimate of drug-likeness (QED) is 0.498. The molecule has 2 atom stereocenters. The lowest BCUT2D eigenvalue weighted by atomic mass is 9.91. The van der Waals surface area contributed by atoms with Crippen LogP contribution in [-0.4, -0.2) is 20.7 Å². The SMILES string of the molecule is CC(C)[C@@H](O[Si](C)(C)C(C)(C)C)[C@H](C)CCC=O. The number of rotatable bonds is 7. The molecule has 0 saturated carbocycles. The molecule has 0 N–H and O–H groups in total. The maximum atomic E-state index is 10.5. The van der Waals surface area contributed by atoms with Crippen molar-refractivity contribution in [2.75, 3.05) is 0 Å². The van der Waals surface area contributed by atoms with Crippen molar-refractivity contribution in [2.24, 2.45) is 11.8 Å². The van der Waals surface area contributed by atoms with E-state index in [0.717, 1.165) is 12.7 Å². The van der Waals surface area contributed by atoms with Gasteiger partial charge in [0.05, 0.1) is 0 Å². The van der Waals surface area contributed by atoms with Crippen LogP contribution in [0.3, 0.4) is 0 Å². The van der Waals surface area contributed by atoms with Gasteiger partial charge in [0.15, 0.2) is 8.32 Å². The highest BCUT2D eigenvalue weighted by Crippen LogP contribution is 2.39. The molecule has 0 aromatic carbocycles. The predicted octanol–water partition coefficient (Wildman–Crippen LogP) is 4.65. The summed E-state index contributed by atoms with van der Waals surface area (Å²) in [7, 11) is -1.72. The van der Waals surface area contributed by atoms with E-state index < -0.39 is 8.32 Å². The van der Waals surface area contributed by atoms with Crippen molar-refractivity contribution in [1.29, 1.82) is 0 Å². The molecule has 0 aliphatic carbocycles. The van der Waals surface area contributed by atoms with Crippen molar-refractivity contribution in [3.63, 3.8) is 0 Å². The lowest BCUT2D eigenvalue weighted by Crippen LogP contribution is -2.47. The predicted molar refractivity (Wildman–Crippen MR) is 81.4 cm³/mol. The second-order valence-corrected chi connectivity index (χ2v) is 12.1. The minimum absolute atomic E-state index is 0.241. The molecule has 0 spiro atoms. The summed E-state index contributed by atoms with van der Waals surface area (Å²) in [6.07, 6.45) is 2.86. The van der Waals surface area contributed by atoms with Crippen LogP contribution in [0.2, 0.25) is 18.1 Å². The van der Waals surface area contributed by atoms with Crippen LogP contribution in [0.1, 0.15) is 54.4 Å². The smallest absolute Gasteiger partial charge is 0.192 e. The summed E-state index contributed by atoms with van der Waals surface area (Å²) in [5.41, 5.74) is 0. The van der Waals surface area contributed by atoms with Gasteiger partial charge in [-0.2, -0.15) is 0 Å². The molecule has 0 bridgehead atoms. The van der Waals surface area contributed by atoms with Gasteiger partial charge < -0.3 is 9.22 Å². The van der Waals surface area contributed by atoms with Crippen LogP contribution < -0.4 is 0 Å². The maximum Gasteiger partial charge on any atom is 0.192 e. The molecule has 0 aliphatic rings. The van der Waals surface area contributed by atoms with Crippen molar-refractivity contribution in [3.8, 4) is 0 Å². The maximum absolute atomic E-state index is 10.5. The zero-order valence-corrected chi connectivity index (χ0v) is 14.5. The van der Waals surface area contributed by atoms with Gasteiger partial charge in [-0.3, -0.25) is 0 Å². The first-order valence-electron chi connectivity index (χ1n) is 7.14. The first-order valence-corrected chi connectivity index (χ1v) is 10.0. The van der Waals surface area contributed by atoms with Gasteiger partial charge in [0, 0.05) is 12.5 Å². The van der Waals surface area contributed by atoms with E-state index in [0.29, 0.717) is 18.3 Å². The zero-order chi connectivity index (χ0) is 14.6. The molecule has 0 unspecified atom stereocenters. The molecule has 0 aliphatic heterocycles. The van der Waals surface area contributed by atoms with Gasteiger partial charge in [-0.1, -0.05) is 41.5 Å². The topological polar surface area (TPSA) is 26.3 Å². The van der Waals surface area contributed by atoms with Crippen molar-refractivity contribution in [3.05, 3.63) is 0 Å². The van der Waals surface area contributed by atoms with Gasteiger partial charge >= 0.3 is 0 Å². The van der Waals surface area contributed by atoms with E-state index in [4.69, 9.17) is 4.43 Å². The van der Waals surface area contributed by atoms with Crippen molar-refractivity contribution >= 4 is 14.6 Å². The normalized spacial score (nSPS) is 16.7. The Morgan fingerprint density at radius 1 is 1.17 bits per heavy atom. The van der Waals surface area contributed by atoms with Gasteiger partial charge in [-0.05, 0) is 36.4 Å². The summed E-state index contributed by atoms with van der Waals surface area (Å²) >= 11 is 0. The molecule has 108 valence electrons. The molecule has 18 heavy (non-hydrogen) atoms. The van der Waals surface area contributed by atoms with E-state index in [1.165, 1.54) is 0 Å². The molecule has 0 amide bonds. The largest absolute Gasteiger partial charge is 0.413 e. The third-order valence-electron chi connectivity index (χ3n) is 4.19. The second-order valence-electron chi connectivity index (χ2n) is 7.31. The average Bonchev–Trinajstić information content (AvgIpc) is 2.20. The van der Waals surface area contributed by atoms with Gasteiger partial charge in [0.1, 0.15) is 6.29 Å². The number of carbonyl (C=O) groups is 1. The van der Waals surface area contributed by atoms with Gasteiger partial charge in [-0.15, -0.1) is 0 Å². The summed E-state index contributed by atoms with van der Waals surface area (Å²) in [5, 5.41) is 0.241. The number of aldehydes is 1. The molecule has 0 heterocycles. The van der Waals surface area contributed by atoms with E-state index in [1.54, 1.807) is 0 Å². The Balaban J connectivity index is 4.77. The third kappa shape index (κ3) is 5.23. The average molecular weight is 273 g/mol. The molecule has 2 nitrogen and oxygen atoms in total. The Morgan fingerprint density at radius 2 is 1.67 bits per heavy atom. The van der Waals surface area contributed by atoms with E-state index in [2.05, 4.69) is 54.6 Å². The fourth-order valence-electron chi connectivity index (χ4n) is 1.92. The lowest BCUT2D eigenvalue weighted by Gasteiger charge is -2.42. The van der Waals surface area contributed by atoms with Crippen molar-refractivity contribution < 1.29 is 9.22 Å². The minimum Gasteiger partial charge on any atom is -0.413 e. The van der Waals surface area contributed by atoms with Gasteiger partial charge in [0.2, 0.25) is 0 Å². The number of hydrogen-bond donors (Lipinski definition) is 0. The van der Waals surface area contributed by atoms with Crippen molar-refractivity contribution in [1.82, 2.24) is 0 Å². The number of hydrogen-bond acceptors (Lipinski definition) is 2. The molecule has 0 radical (unpaired) electrons. The van der Waals surface area contributed by atoms with Crippen LogP contribution in [-0.2, 0) is 9.22 Å². The summed E-state index contributed by atoms with van der Waals surface area (Å²) < 4.78 is 6.55. The lowest BCUT2D eigenvalue weighted by molar-refractivity contribution is -0.108. The molecule has 3 heteroatoms. The molecular weight excluding hydrogens is 240 g/mol. The minimum atomic E-state index is -1.72. The van der Waals surface area contributed by atoms with E-state index in [9.17, 15) is 4.79 Å². The second kappa shape index (κ2) is 6.85. The van der Waals surface area contributed by atoms with E-state index >= 15 is 0 Å². The Morgan fingerprint density at radius 3 is 2.00 bits per heavy atom. The van der Waals surface area contributed by atoms with Crippen LogP contribution in [0.4, 0.5) is 0 Å². The Hall–Kier alpha value is -0.153. The molecule has 0 rings (SSSR count). The molecular formula is C15H32O2Si. The highest BCUT2D eigenvalue weighted by molar-refractivity contribution is 6.74. The number of carbonyl (C=O) groups excluding carboxylic acids is 1. The van der Waals surface area contributed by atoms with E-state index in [1.807, 2.05) is 0 Å². The molecule has 0 aromatic rings. The van der Waals surface area contributed by atoms with E-state index in [-0.39, 0.29) is 11.1 Å². The molecule has 0 aromatic heterocycles. The summed E-state index contributed by atoms with van der Waals surface area (Å²) in [6.45, 7) is 18.1. The first kappa shape index (κ1) is 17.8. The monoisotopic (exact) mass is 272 g/mol. The van der Waals surface area contributed by atoms with Gasteiger partial charge in [-0.25, -0.2) is 0 Å². The highest BCUT2D eigenvalue weighted by atomic mass is 28.4. The molecule has 0 saturated heterocycles. The van der Waals surface area contributed by atoms with Crippen LogP contribution >= 0.6 is 0 Å². The fraction of sp³-hybridized carbons (Fsp3) is 0.933. The Bertz CT molecular complexity index is 254. The summed E-state index contributed by atoms with van der Waals surface area (Å²) in [4.78, 5) is 10.5. The highest BCUT2D eigenvalue weighted by Gasteiger charge is 2.40. The zero-order valence-electron chi connectivity index (χ0n) is 13.5. The van der Waals surface area contributed by atoms with Crippen LogP contribution in [0.15, 0.2) is 0 Å². The third-order valence-corrected chi connectivity index (χ3v) is 8.67. The Kier molecular flexibility index (Phi) is 6.79. The first-order chi connectivity index (χ1) is 8.03. The summed E-state index contributed by atoms with van der Waals surface area (Å²) in [5.74, 6) is 0.949. The Labute approximate surface area is 115 Å². The van der Waals surface area contributed by atoms with Crippen LogP contribution in [0.5, 0.6) is 0 Å². The van der Waals surface area contributed by atoms with Crippen LogP contribution in [0.25, 0.3) is 0 Å². The molecule has 0 fully saturated rings.